The molecule has 1 heterocycles. The van der Waals surface area contributed by atoms with Crippen molar-refractivity contribution >= 4 is 16.8 Å². The van der Waals surface area contributed by atoms with Crippen molar-refractivity contribution in [3.63, 3.8) is 0 Å². The molecule has 0 radical (unpaired) electrons. The van der Waals surface area contributed by atoms with Crippen LogP contribution < -0.4 is 10.1 Å². The van der Waals surface area contributed by atoms with Crippen molar-refractivity contribution in [1.82, 2.24) is 10.3 Å². The van der Waals surface area contributed by atoms with Crippen molar-refractivity contribution in [3.05, 3.63) is 83.8 Å². The number of benzene rings is 2. The third kappa shape index (κ3) is 5.89. The molecule has 5 heteroatoms. The molecule has 0 aliphatic carbocycles. The summed E-state index contributed by atoms with van der Waals surface area (Å²) in [4.78, 5) is 16.7. The molecular formula is C25H27FN2O2. The van der Waals surface area contributed by atoms with Crippen LogP contribution >= 0.6 is 0 Å². The fraction of sp³-hybridized carbons (Fsp3) is 0.280. The maximum atomic E-state index is 14.7. The monoisotopic (exact) mass is 406 g/mol. The van der Waals surface area contributed by atoms with Gasteiger partial charge in [-0.2, -0.15) is 0 Å². The van der Waals surface area contributed by atoms with E-state index in [1.807, 2.05) is 12.1 Å². The molecule has 0 aliphatic rings. The largest absolute Gasteiger partial charge is 0.491 e. The number of halogens is 1. The standard InChI is InChI=1S/C25H27FN2O2/c1-2-3-4-5-6-7-16-30-23-12-8-10-21(24(23)26)18-28-25(29)20-13-14-22-19(17-20)11-9-15-27-22/h3-4,8-15,17H,2,5-7,16,18H2,1H3,(H,28,29)/b4-3+. The highest BCUT2D eigenvalue weighted by Crippen LogP contribution is 2.21. The number of ether oxygens (including phenoxy) is 1. The highest BCUT2D eigenvalue weighted by Gasteiger charge is 2.12. The predicted octanol–water partition coefficient (Wildman–Crippen LogP) is 5.82. The van der Waals surface area contributed by atoms with Gasteiger partial charge in [-0.05, 0) is 56.0 Å². The second kappa shape index (κ2) is 11.1. The average Bonchev–Trinajstić information content (AvgIpc) is 2.78. The topological polar surface area (TPSA) is 51.2 Å². The number of nitrogens with zero attached hydrogens (tertiary/aromatic N) is 1. The molecule has 156 valence electrons. The molecule has 30 heavy (non-hydrogen) atoms. The molecular weight excluding hydrogens is 379 g/mol. The smallest absolute Gasteiger partial charge is 0.251 e. The van der Waals surface area contributed by atoms with Crippen LogP contribution in [0, 0.1) is 5.82 Å². The highest BCUT2D eigenvalue weighted by molar-refractivity contribution is 5.97. The van der Waals surface area contributed by atoms with E-state index in [9.17, 15) is 9.18 Å². The Labute approximate surface area is 176 Å². The van der Waals surface area contributed by atoms with Crippen molar-refractivity contribution in [2.45, 2.75) is 39.2 Å². The zero-order valence-corrected chi connectivity index (χ0v) is 17.2. The lowest BCUT2D eigenvalue weighted by Gasteiger charge is -2.11. The van der Waals surface area contributed by atoms with Gasteiger partial charge in [0.05, 0.1) is 12.1 Å². The summed E-state index contributed by atoms with van der Waals surface area (Å²) in [5.41, 5.74) is 1.74. The van der Waals surface area contributed by atoms with Gasteiger partial charge in [0.15, 0.2) is 11.6 Å². The maximum absolute atomic E-state index is 14.7. The van der Waals surface area contributed by atoms with E-state index in [1.54, 1.807) is 42.6 Å². The van der Waals surface area contributed by atoms with E-state index >= 15 is 0 Å². The van der Waals surface area contributed by atoms with Gasteiger partial charge >= 0.3 is 0 Å². The SMILES string of the molecule is CC/C=C/CCCCOc1cccc(CNC(=O)c2ccc3ncccc3c2)c1F. The lowest BCUT2D eigenvalue weighted by atomic mass is 10.1. The van der Waals surface area contributed by atoms with Crippen molar-refractivity contribution < 1.29 is 13.9 Å². The fourth-order valence-electron chi connectivity index (χ4n) is 3.13. The Morgan fingerprint density at radius 1 is 1.13 bits per heavy atom. The van der Waals surface area contributed by atoms with Crippen LogP contribution in [0.2, 0.25) is 0 Å². The Balaban J connectivity index is 1.54. The zero-order chi connectivity index (χ0) is 21.2. The Bertz CT molecular complexity index is 1020. The highest BCUT2D eigenvalue weighted by atomic mass is 19.1. The fourth-order valence-corrected chi connectivity index (χ4v) is 3.13. The first-order chi connectivity index (χ1) is 14.7. The molecule has 0 bridgehead atoms. The first-order valence-corrected chi connectivity index (χ1v) is 10.4. The molecule has 0 spiro atoms. The summed E-state index contributed by atoms with van der Waals surface area (Å²) in [6.07, 6.45) is 9.95. The van der Waals surface area contributed by atoms with Gasteiger partial charge in [0.25, 0.3) is 5.91 Å². The van der Waals surface area contributed by atoms with E-state index in [1.165, 1.54) is 0 Å². The number of fused-ring (bicyclic) bond motifs is 1. The first kappa shape index (κ1) is 21.5. The van der Waals surface area contributed by atoms with Crippen molar-refractivity contribution in [2.75, 3.05) is 6.61 Å². The Morgan fingerprint density at radius 3 is 2.90 bits per heavy atom. The van der Waals surface area contributed by atoms with E-state index in [0.29, 0.717) is 17.7 Å². The Kier molecular flexibility index (Phi) is 7.95. The van der Waals surface area contributed by atoms with Gasteiger partial charge in [0, 0.05) is 29.3 Å². The molecule has 0 saturated heterocycles. The van der Waals surface area contributed by atoms with Gasteiger partial charge < -0.3 is 10.1 Å². The second-order valence-electron chi connectivity index (χ2n) is 7.05. The van der Waals surface area contributed by atoms with Crippen LogP contribution in [0.25, 0.3) is 10.9 Å². The number of carbonyl (C=O) groups is 1. The Hall–Kier alpha value is -3.21. The third-order valence-corrected chi connectivity index (χ3v) is 4.77. The summed E-state index contributed by atoms with van der Waals surface area (Å²) in [7, 11) is 0. The quantitative estimate of drug-likeness (QED) is 0.341. The third-order valence-electron chi connectivity index (χ3n) is 4.77. The Morgan fingerprint density at radius 2 is 2.03 bits per heavy atom. The van der Waals surface area contributed by atoms with Crippen molar-refractivity contribution in [2.24, 2.45) is 0 Å². The molecule has 0 saturated carbocycles. The van der Waals surface area contributed by atoms with Gasteiger partial charge in [-0.15, -0.1) is 0 Å². The number of carbonyl (C=O) groups excluding carboxylic acids is 1. The number of pyridine rings is 1. The van der Waals surface area contributed by atoms with Crippen molar-refractivity contribution in [1.29, 1.82) is 0 Å². The number of rotatable bonds is 10. The number of hydrogen-bond donors (Lipinski definition) is 1. The minimum Gasteiger partial charge on any atom is -0.491 e. The van der Waals surface area contributed by atoms with E-state index in [4.69, 9.17) is 4.74 Å². The number of amides is 1. The summed E-state index contributed by atoms with van der Waals surface area (Å²) in [5, 5.41) is 3.67. The van der Waals surface area contributed by atoms with Gasteiger partial charge in [0.2, 0.25) is 0 Å². The lowest BCUT2D eigenvalue weighted by Crippen LogP contribution is -2.23. The normalized spacial score (nSPS) is 11.1. The van der Waals surface area contributed by atoms with E-state index in [0.717, 1.165) is 36.6 Å². The molecule has 1 N–H and O–H groups in total. The maximum Gasteiger partial charge on any atom is 0.251 e. The number of unbranched alkanes of at least 4 members (excludes halogenated alkanes) is 2. The summed E-state index contributed by atoms with van der Waals surface area (Å²) in [5.74, 6) is -0.458. The van der Waals surface area contributed by atoms with E-state index < -0.39 is 5.82 Å². The summed E-state index contributed by atoms with van der Waals surface area (Å²) >= 11 is 0. The second-order valence-corrected chi connectivity index (χ2v) is 7.05. The molecule has 0 unspecified atom stereocenters. The van der Waals surface area contributed by atoms with Crippen LogP contribution in [0.1, 0.15) is 48.5 Å². The zero-order valence-electron chi connectivity index (χ0n) is 17.2. The average molecular weight is 407 g/mol. The van der Waals surface area contributed by atoms with Crippen LogP contribution in [0.5, 0.6) is 5.75 Å². The summed E-state index contributed by atoms with van der Waals surface area (Å²) < 4.78 is 20.3. The van der Waals surface area contributed by atoms with Gasteiger partial charge in [-0.1, -0.05) is 37.3 Å². The van der Waals surface area contributed by atoms with E-state index in [-0.39, 0.29) is 18.2 Å². The summed E-state index contributed by atoms with van der Waals surface area (Å²) in [6, 6.07) is 14.0. The first-order valence-electron chi connectivity index (χ1n) is 10.4. The summed E-state index contributed by atoms with van der Waals surface area (Å²) in [6.45, 7) is 2.67. The molecule has 0 atom stereocenters. The molecule has 1 amide bonds. The van der Waals surface area contributed by atoms with Crippen LogP contribution in [0.3, 0.4) is 0 Å². The van der Waals surface area contributed by atoms with Crippen LogP contribution in [-0.4, -0.2) is 17.5 Å². The van der Waals surface area contributed by atoms with Gasteiger partial charge in [-0.25, -0.2) is 4.39 Å². The molecule has 1 aromatic heterocycles. The van der Waals surface area contributed by atoms with E-state index in [2.05, 4.69) is 29.4 Å². The van der Waals surface area contributed by atoms with Crippen LogP contribution in [-0.2, 0) is 6.54 Å². The number of hydrogen-bond acceptors (Lipinski definition) is 3. The molecule has 4 nitrogen and oxygen atoms in total. The van der Waals surface area contributed by atoms with Crippen LogP contribution in [0.15, 0.2) is 66.9 Å². The van der Waals surface area contributed by atoms with Crippen LogP contribution in [0.4, 0.5) is 4.39 Å². The molecule has 2 aromatic carbocycles. The minimum atomic E-state index is -0.425. The van der Waals surface area contributed by atoms with Gasteiger partial charge in [-0.3, -0.25) is 9.78 Å². The molecule has 3 aromatic rings. The molecule has 3 rings (SSSR count). The molecule has 0 fully saturated rings. The number of allylic oxidation sites excluding steroid dienone is 2. The molecule has 0 aliphatic heterocycles. The number of aromatic nitrogens is 1. The number of nitrogens with one attached hydrogen (secondary N) is 1. The van der Waals surface area contributed by atoms with Gasteiger partial charge in [0.1, 0.15) is 0 Å². The lowest BCUT2D eigenvalue weighted by molar-refractivity contribution is 0.0950. The van der Waals surface area contributed by atoms with Crippen molar-refractivity contribution in [3.8, 4) is 5.75 Å². The predicted molar refractivity (Wildman–Crippen MR) is 118 cm³/mol. The minimum absolute atomic E-state index is 0.0920.